The summed E-state index contributed by atoms with van der Waals surface area (Å²) in [5.41, 5.74) is -1.81. The van der Waals surface area contributed by atoms with Crippen LogP contribution in [0.25, 0.3) is 0 Å². The number of rotatable bonds is 33. The van der Waals surface area contributed by atoms with Gasteiger partial charge in [0.05, 0.1) is 115 Å². The van der Waals surface area contributed by atoms with E-state index in [1.54, 1.807) is 14.2 Å². The topological polar surface area (TPSA) is 630 Å². The van der Waals surface area contributed by atoms with E-state index in [1.165, 1.54) is 19.3 Å². The first-order valence-electron chi connectivity index (χ1n) is 30.8. The van der Waals surface area contributed by atoms with E-state index < -0.39 is 172 Å². The van der Waals surface area contributed by atoms with Gasteiger partial charge >= 0.3 is 64.8 Å². The second-order valence-electron chi connectivity index (χ2n) is 22.5. The average molecular weight is 1620 g/mol. The van der Waals surface area contributed by atoms with Crippen molar-refractivity contribution in [2.45, 2.75) is 140 Å². The normalized spacial score (nSPS) is 33.1. The number of nitrogens with zero attached hydrogens (tertiary/aromatic N) is 4. The van der Waals surface area contributed by atoms with Gasteiger partial charge in [0.25, 0.3) is 33.0 Å². The van der Waals surface area contributed by atoms with Crippen LogP contribution in [0.4, 0.5) is 0 Å². The Morgan fingerprint density at radius 1 is 0.519 bits per heavy atom. The van der Waals surface area contributed by atoms with Crippen LogP contribution in [-0.4, -0.2) is 371 Å². The van der Waals surface area contributed by atoms with Gasteiger partial charge in [-0.15, -0.1) is 23.5 Å². The van der Waals surface area contributed by atoms with Crippen molar-refractivity contribution >= 4 is 87.2 Å². The number of imide groups is 3. The van der Waals surface area contributed by atoms with Crippen LogP contribution < -0.4 is 80.2 Å². The third kappa shape index (κ3) is 28.5. The zero-order chi connectivity index (χ0) is 75.9. The molecule has 14 N–H and O–H groups in total. The van der Waals surface area contributed by atoms with E-state index >= 15 is 0 Å². The minimum Gasteiger partial charge on any atom is -0.756 e. The summed E-state index contributed by atoms with van der Waals surface area (Å²) in [5.74, 6) is -2.34. The van der Waals surface area contributed by atoms with Crippen molar-refractivity contribution in [1.82, 2.24) is 24.3 Å². The van der Waals surface area contributed by atoms with Gasteiger partial charge in [-0.25, -0.2) is 9.11 Å². The molecule has 0 aromatic carbocycles. The van der Waals surface area contributed by atoms with E-state index in [-0.39, 0.29) is 146 Å². The molecule has 7 aliphatic rings. The molecule has 0 bridgehead atoms. The maximum absolute atomic E-state index is 12.7. The molecule has 0 aliphatic carbocycles. The van der Waals surface area contributed by atoms with E-state index in [0.717, 1.165) is 50.5 Å². The van der Waals surface area contributed by atoms with Crippen LogP contribution in [0.5, 0.6) is 0 Å². The van der Waals surface area contributed by atoms with Crippen LogP contribution in [-0.2, 0) is 98.6 Å². The van der Waals surface area contributed by atoms with E-state index in [9.17, 15) is 108 Å². The first-order valence-corrected chi connectivity index (χ1v) is 36.5. The smallest absolute Gasteiger partial charge is 0.756 e. The number of aromatic amines is 1. The minimum absolute atomic E-state index is 0. The van der Waals surface area contributed by atoms with Gasteiger partial charge in [0, 0.05) is 75.8 Å². The Balaban J connectivity index is 0.000000428. The number of amides is 6. The van der Waals surface area contributed by atoms with Gasteiger partial charge < -0.3 is 128 Å². The van der Waals surface area contributed by atoms with E-state index in [2.05, 4.69) is 26.0 Å². The van der Waals surface area contributed by atoms with Crippen LogP contribution in [0.15, 0.2) is 34.0 Å². The zero-order valence-electron chi connectivity index (χ0n) is 56.6. The molecule has 6 saturated heterocycles. The standard InChI is InChI=1S/C24H37N3O20P2S.C15H25NO9S.C9H13NO4.C6H12O5S.2Na/c1-41-6-7-42-5-4-26-15(29)8-13(21(26)35)50-10-12-17(31)18(32)20(34)23(45-12)46-49(39,40)47-48(37,38)43-9-11-16(30)19(33)22(44-11)27-3-2-14(28)25-24(27)36;1-23-4-5-24-3-2-16-10(17)6-9(14(16)21)26-7-8-11(18)12(19)13(20)15(22)25-8;1-13-6-7-14-5-4-10-8(11)2-3-9(10)12;7-3-2(1-12)11-6(10)5(9)4(3)8;;/h2-3,11-13,16-20,22-23,30-34H,4-10H2,1H3,(H,37,38)(H,39,40)(H,25,28,36);8-9,11-13,15,18-20,22H,2-7H2,1H3;2-3H,4-7H2,1H3;2-10,12H,1H2;;/q;;;;2*+1/p-2/t11-,12?,13?,16+,17+,18+,19?,20?,22-,23?;8?,9?,11-,12-,13?,15?;;2?,3-,4-,5?,6?;;/m10.0../s1. The predicted molar refractivity (Wildman–Crippen MR) is 338 cm³/mol. The maximum atomic E-state index is 12.7. The Labute approximate surface area is 650 Å². The molecule has 14 unspecified atom stereocenters. The predicted octanol–water partition coefficient (Wildman–Crippen LogP) is -16.9. The summed E-state index contributed by atoms with van der Waals surface area (Å²) in [7, 11) is -7.31. The number of phosphoric acid groups is 2. The molecule has 43 nitrogen and oxygen atoms in total. The first kappa shape index (κ1) is 96.4. The molecular formula is C54H85N5Na2O38P2S3. The Morgan fingerprint density at radius 2 is 0.933 bits per heavy atom. The molecule has 50 heteroatoms. The molecule has 0 spiro atoms. The molecule has 0 radical (unpaired) electrons. The average Bonchev–Trinajstić information content (AvgIpc) is 1.81. The molecule has 1 aromatic rings. The molecule has 584 valence electrons. The molecule has 7 aliphatic heterocycles. The summed E-state index contributed by atoms with van der Waals surface area (Å²) >= 11 is 5.77. The first-order chi connectivity index (χ1) is 48.1. The number of thioether (sulfide) groups is 2. The summed E-state index contributed by atoms with van der Waals surface area (Å²) in [6.07, 6.45) is -27.2. The minimum atomic E-state index is -6.03. The molecule has 23 atom stereocenters. The fraction of sp³-hybridized carbons (Fsp3) is 0.778. The molecule has 0 saturated carbocycles. The number of likely N-dealkylation sites (tertiary alicyclic amines) is 2. The number of hydrogen-bond acceptors (Lipinski definition) is 41. The number of hydrogen-bond donors (Lipinski definition) is 15. The van der Waals surface area contributed by atoms with E-state index in [4.69, 9.17) is 62.7 Å². The third-order valence-electron chi connectivity index (χ3n) is 15.4. The van der Waals surface area contributed by atoms with E-state index in [0.29, 0.717) is 50.8 Å². The van der Waals surface area contributed by atoms with Gasteiger partial charge in [-0.2, -0.15) is 12.6 Å². The number of carbonyl (C=O) groups is 6. The molecule has 6 amide bonds. The number of methoxy groups -OCH3 is 3. The van der Waals surface area contributed by atoms with Crippen molar-refractivity contribution in [3.63, 3.8) is 0 Å². The number of ether oxygens (including phenoxy) is 10. The molecular weight excluding hydrogens is 1530 g/mol. The second kappa shape index (κ2) is 46.9. The van der Waals surface area contributed by atoms with Crippen LogP contribution in [0, 0.1) is 0 Å². The molecule has 8 rings (SSSR count). The van der Waals surface area contributed by atoms with Crippen LogP contribution in [0.3, 0.4) is 0 Å². The van der Waals surface area contributed by atoms with Crippen LogP contribution in [0.1, 0.15) is 19.1 Å². The number of aromatic nitrogens is 2. The zero-order valence-corrected chi connectivity index (χ0v) is 64.9. The van der Waals surface area contributed by atoms with Crippen molar-refractivity contribution in [3.05, 3.63) is 45.3 Å². The van der Waals surface area contributed by atoms with Gasteiger partial charge in [-0.05, 0) is 0 Å². The second-order valence-corrected chi connectivity index (χ2v) is 28.3. The summed E-state index contributed by atoms with van der Waals surface area (Å²) in [4.78, 5) is 125. The van der Waals surface area contributed by atoms with Crippen molar-refractivity contribution in [1.29, 1.82) is 0 Å². The fourth-order valence-electron chi connectivity index (χ4n) is 9.78. The Bertz CT molecular complexity index is 3100. The molecule has 6 fully saturated rings. The summed E-state index contributed by atoms with van der Waals surface area (Å²) in [6, 6.07) is 0.906. The molecule has 1 aromatic heterocycles. The van der Waals surface area contributed by atoms with Gasteiger partial charge in [0.1, 0.15) is 73.2 Å². The van der Waals surface area contributed by atoms with Gasteiger partial charge in [0.15, 0.2) is 25.1 Å². The Kier molecular flexibility index (Phi) is 43.5. The third-order valence-corrected chi connectivity index (χ3v) is 20.9. The van der Waals surface area contributed by atoms with Crippen molar-refractivity contribution in [2.24, 2.45) is 0 Å². The fourth-order valence-corrected chi connectivity index (χ4v) is 14.6. The largest absolute Gasteiger partial charge is 1.00 e. The van der Waals surface area contributed by atoms with Crippen molar-refractivity contribution in [2.75, 3.05) is 124 Å². The molecule has 8 heterocycles. The van der Waals surface area contributed by atoms with Gasteiger partial charge in [0.2, 0.25) is 23.6 Å². The summed E-state index contributed by atoms with van der Waals surface area (Å²) in [6.45, 7) is 2.26. The number of thiol groups is 1. The Hall–Kier alpha value is -1.77. The maximum Gasteiger partial charge on any atom is 1.00 e. The number of H-pyrrole nitrogens is 1. The number of aliphatic hydroxyl groups is 13. The van der Waals surface area contributed by atoms with Gasteiger partial charge in [-0.3, -0.25) is 71.5 Å². The monoisotopic (exact) mass is 1620 g/mol. The van der Waals surface area contributed by atoms with Crippen LogP contribution >= 0.6 is 51.8 Å². The van der Waals surface area contributed by atoms with Crippen LogP contribution in [0.2, 0.25) is 0 Å². The Morgan fingerprint density at radius 3 is 1.38 bits per heavy atom. The number of aliphatic hydroxyl groups excluding tert-OH is 13. The SMILES string of the molecule is COCCOCCN1C(=O)C=CC1=O.COCCOCCN1C(=O)CC(SCC2OC(O)C(O)[C@@H](O)[C@H]2O)C1=O.COCCOCCN1C(=O)CC(SCC2OC(OP(=O)([O-])OP(=O)([O-])OC[C@H]3O[C@@H](n4ccc(=O)[nH]c4=O)C(O)[C@H]3O)C(O)[C@@H](O)[C@H]2O)C1=O.OC1OC(CS)[C@H](O)[C@H](O)C1O.[Na+].[Na+]. The van der Waals surface area contributed by atoms with Crippen molar-refractivity contribution in [3.8, 4) is 0 Å². The van der Waals surface area contributed by atoms with Gasteiger partial charge in [-0.1, -0.05) is 0 Å². The van der Waals surface area contributed by atoms with Crippen molar-refractivity contribution < 1.29 is 234 Å². The number of phosphoric ester groups is 2. The van der Waals surface area contributed by atoms with E-state index in [1.807, 2.05) is 4.98 Å². The molecule has 104 heavy (non-hydrogen) atoms. The number of carbonyl (C=O) groups excluding carboxylic acids is 6. The number of nitrogens with one attached hydrogen (secondary N) is 1. The summed E-state index contributed by atoms with van der Waals surface area (Å²) in [5, 5.41) is 125. The quantitative estimate of drug-likeness (QED) is 0.0102. The summed E-state index contributed by atoms with van der Waals surface area (Å²) < 4.78 is 88.9.